The number of aliphatic imine (C=N–C) groups is 1. The molecule has 6 atom stereocenters. The second-order valence-electron chi connectivity index (χ2n) is 17.4. The van der Waals surface area contributed by atoms with Gasteiger partial charge in [0.2, 0.25) is 0 Å². The highest BCUT2D eigenvalue weighted by Crippen LogP contribution is 2.55. The van der Waals surface area contributed by atoms with Crippen molar-refractivity contribution in [1.82, 2.24) is 14.6 Å². The number of rotatable bonds is 29. The number of benzene rings is 2. The van der Waals surface area contributed by atoms with Crippen molar-refractivity contribution in [1.29, 1.82) is 5.26 Å². The maximum Gasteiger partial charge on any atom is 0.530 e. The van der Waals surface area contributed by atoms with E-state index in [1.54, 1.807) is 49.7 Å². The fourth-order valence-electron chi connectivity index (χ4n) is 8.33. The van der Waals surface area contributed by atoms with Crippen molar-refractivity contribution >= 4 is 37.0 Å². The molecule has 2 aromatic carbocycles. The van der Waals surface area contributed by atoms with Crippen molar-refractivity contribution in [2.75, 3.05) is 39.2 Å². The number of nitriles is 1. The van der Waals surface area contributed by atoms with Gasteiger partial charge >= 0.3 is 7.82 Å². The van der Waals surface area contributed by atoms with E-state index in [0.29, 0.717) is 23.4 Å². The van der Waals surface area contributed by atoms with Crippen molar-refractivity contribution < 1.29 is 46.2 Å². The fourth-order valence-corrected chi connectivity index (χ4v) is 9.85. The highest BCUT2D eigenvalue weighted by Gasteiger charge is 2.64. The van der Waals surface area contributed by atoms with Crippen molar-refractivity contribution in [2.24, 2.45) is 4.99 Å². The van der Waals surface area contributed by atoms with E-state index in [-0.39, 0.29) is 42.0 Å². The van der Waals surface area contributed by atoms with E-state index in [1.807, 2.05) is 12.1 Å². The van der Waals surface area contributed by atoms with Gasteiger partial charge in [0, 0.05) is 19.9 Å². The number of anilines is 1. The first-order valence-electron chi connectivity index (χ1n) is 23.1. The van der Waals surface area contributed by atoms with Gasteiger partial charge in [-0.15, -0.1) is 0 Å². The largest absolute Gasteiger partial charge is 0.530 e. The zero-order chi connectivity index (χ0) is 47.0. The molecule has 0 amide bonds. The van der Waals surface area contributed by atoms with Crippen LogP contribution in [0.25, 0.3) is 5.52 Å². The minimum Gasteiger partial charge on any atom is -0.402 e. The monoisotopic (exact) mass is 954 g/mol. The van der Waals surface area contributed by atoms with Gasteiger partial charge < -0.3 is 33.9 Å². The summed E-state index contributed by atoms with van der Waals surface area (Å²) in [6.07, 6.45) is 15.7. The summed E-state index contributed by atoms with van der Waals surface area (Å²) >= 11 is 6.51. The van der Waals surface area contributed by atoms with Crippen LogP contribution in [0.4, 0.5) is 10.2 Å². The molecule has 66 heavy (non-hydrogen) atoms. The Hall–Kier alpha value is -4.01. The zero-order valence-electron chi connectivity index (χ0n) is 38.6. The summed E-state index contributed by atoms with van der Waals surface area (Å²) in [4.78, 5) is 8.44. The van der Waals surface area contributed by atoms with Crippen LogP contribution in [0.1, 0.15) is 127 Å². The van der Waals surface area contributed by atoms with Crippen LogP contribution in [0.3, 0.4) is 0 Å². The fraction of sp³-hybridized carbons (Fsp3) is 0.583. The van der Waals surface area contributed by atoms with Crippen LogP contribution in [0.2, 0.25) is 5.02 Å². The number of ether oxygens (including phenoxy) is 5. The van der Waals surface area contributed by atoms with E-state index in [4.69, 9.17) is 54.6 Å². The summed E-state index contributed by atoms with van der Waals surface area (Å²) in [5.41, 5.74) is 6.42. The third-order valence-electron chi connectivity index (χ3n) is 11.6. The number of nitrogen functional groups attached to an aromatic ring is 1. The number of fused-ring (bicyclic) bond motifs is 2. The maximum absolute atomic E-state index is 15.0. The molecule has 360 valence electrons. The quantitative estimate of drug-likeness (QED) is 0.0308. The molecule has 0 bridgehead atoms. The average molecular weight is 956 g/mol. The molecular weight excluding hydrogens is 890 g/mol. The molecule has 2 fully saturated rings. The number of para-hydroxylation sites is 1. The van der Waals surface area contributed by atoms with Gasteiger partial charge in [-0.1, -0.05) is 108 Å². The molecule has 4 heterocycles. The minimum atomic E-state index is -4.63. The van der Waals surface area contributed by atoms with Gasteiger partial charge in [-0.3, -0.25) is 14.0 Å². The molecular formula is C48H65ClFN6O9P. The first-order valence-corrected chi connectivity index (χ1v) is 25.0. The number of hydrogen-bond acceptors (Lipinski definition) is 14. The number of aromatic nitrogens is 3. The van der Waals surface area contributed by atoms with Crippen molar-refractivity contribution in [2.45, 2.75) is 147 Å². The van der Waals surface area contributed by atoms with E-state index in [0.717, 1.165) is 25.3 Å². The highest BCUT2D eigenvalue weighted by molar-refractivity contribution is 7.49. The first-order chi connectivity index (χ1) is 31.9. The molecule has 15 nitrogen and oxygen atoms in total. The standard InChI is InChI=1S/C48H65ClFN6O9P/c1-5-6-7-8-9-10-11-12-13-14-15-16-19-24-58-30-38(59-29-36-25-35(28-51)26-37(50)27-36)31-60-66(57,65-42-21-18-17-20-39(42)49)61-33-48(32-53-4)45-44(62-47(2,3)64-45)43(63-48)40-22-23-41-46(52)54-34-55-56(40)41/h17-18,20-23,25-27,32,34,38,43-45H,5-16,19,24,29-31,33H2,1-4H3,(H2,52,54,55)/t38-,43+,44+,45+,48-,66?/m1/s1. The average Bonchev–Trinajstić information content (AvgIpc) is 3.96. The smallest absolute Gasteiger partial charge is 0.402 e. The second-order valence-corrected chi connectivity index (χ2v) is 19.4. The lowest BCUT2D eigenvalue weighted by Crippen LogP contribution is -2.48. The molecule has 6 rings (SSSR count). The van der Waals surface area contributed by atoms with Gasteiger partial charge in [0.1, 0.15) is 47.8 Å². The van der Waals surface area contributed by atoms with Gasteiger partial charge in [-0.2, -0.15) is 10.4 Å². The number of halogens is 2. The third kappa shape index (κ3) is 14.3. The first kappa shape index (κ1) is 51.4. The minimum absolute atomic E-state index is 0.0437. The third-order valence-corrected chi connectivity index (χ3v) is 13.2. The Bertz CT molecular complexity index is 2280. The van der Waals surface area contributed by atoms with E-state index in [2.05, 4.69) is 22.0 Å². The number of unbranched alkanes of at least 4 members (excludes halogenated alkanes) is 12. The Kier molecular flexibility index (Phi) is 19.3. The van der Waals surface area contributed by atoms with Gasteiger partial charge in [-0.05, 0) is 68.3 Å². The van der Waals surface area contributed by atoms with Crippen LogP contribution in [0, 0.1) is 17.1 Å². The highest BCUT2D eigenvalue weighted by atomic mass is 35.5. The van der Waals surface area contributed by atoms with Crippen LogP contribution >= 0.6 is 19.4 Å². The summed E-state index contributed by atoms with van der Waals surface area (Å²) in [6, 6.07) is 16.0. The summed E-state index contributed by atoms with van der Waals surface area (Å²) in [5, 5.41) is 14.0. The molecule has 0 saturated carbocycles. The lowest BCUT2D eigenvalue weighted by atomic mass is 9.96. The molecule has 4 aromatic rings. The zero-order valence-corrected chi connectivity index (χ0v) is 40.2. The molecule has 2 aliphatic heterocycles. The lowest BCUT2D eigenvalue weighted by molar-refractivity contribution is -0.201. The van der Waals surface area contributed by atoms with Crippen LogP contribution in [0.15, 0.2) is 65.9 Å². The van der Waals surface area contributed by atoms with Gasteiger partial charge in [0.15, 0.2) is 17.2 Å². The molecule has 2 N–H and O–H groups in total. The van der Waals surface area contributed by atoms with Crippen molar-refractivity contribution in [3.05, 3.63) is 88.6 Å². The molecule has 2 saturated heterocycles. The number of phosphoric ester groups is 1. The molecule has 18 heteroatoms. The van der Waals surface area contributed by atoms with Crippen LogP contribution in [-0.4, -0.2) is 84.0 Å². The Balaban J connectivity index is 1.14. The van der Waals surface area contributed by atoms with Gasteiger partial charge in [0.25, 0.3) is 0 Å². The topological polar surface area (TPSA) is 183 Å². The predicted molar refractivity (Wildman–Crippen MR) is 250 cm³/mol. The molecule has 2 aromatic heterocycles. The Morgan fingerprint density at radius 3 is 2.38 bits per heavy atom. The molecule has 0 aliphatic carbocycles. The molecule has 2 aliphatic rings. The van der Waals surface area contributed by atoms with Crippen molar-refractivity contribution in [3.8, 4) is 11.8 Å². The molecule has 0 spiro atoms. The summed E-state index contributed by atoms with van der Waals surface area (Å²) in [5.74, 6) is -1.30. The lowest BCUT2D eigenvalue weighted by Gasteiger charge is -2.32. The SMILES string of the molecule is CCCCCCCCCCCCCCCOC[C@H](COP(=O)(OC[C@@]1(C=NC)O[C@@H](c2ccc3c(N)ncnn23)[C@@H]2OC(C)(C)O[C@@H]21)Oc1ccccc1Cl)OCc1cc(F)cc(C#N)c1. The Morgan fingerprint density at radius 1 is 0.970 bits per heavy atom. The van der Waals surface area contributed by atoms with E-state index in [9.17, 15) is 14.2 Å². The number of hydrogen-bond donors (Lipinski definition) is 1. The maximum atomic E-state index is 15.0. The summed E-state index contributed by atoms with van der Waals surface area (Å²) in [6.45, 7) is 5.46. The number of phosphoric acid groups is 1. The number of nitrogens with two attached hydrogens (primary N) is 1. The normalized spacial score (nSPS) is 21.6. The van der Waals surface area contributed by atoms with Crippen LogP contribution in [-0.2, 0) is 43.9 Å². The molecule has 1 unspecified atom stereocenters. The second kappa shape index (κ2) is 24.8. The summed E-state index contributed by atoms with van der Waals surface area (Å²) in [7, 11) is -3.06. The molecule has 0 radical (unpaired) electrons. The Labute approximate surface area is 393 Å². The van der Waals surface area contributed by atoms with Crippen LogP contribution in [0.5, 0.6) is 5.75 Å². The van der Waals surface area contributed by atoms with Crippen LogP contribution < -0.4 is 10.3 Å². The van der Waals surface area contributed by atoms with Crippen molar-refractivity contribution in [3.63, 3.8) is 0 Å². The summed E-state index contributed by atoms with van der Waals surface area (Å²) < 4.78 is 81.3. The predicted octanol–water partition coefficient (Wildman–Crippen LogP) is 10.9. The Morgan fingerprint density at radius 2 is 1.68 bits per heavy atom. The van der Waals surface area contributed by atoms with E-state index >= 15 is 0 Å². The number of nitrogens with zero attached hydrogens (tertiary/aromatic N) is 5. The van der Waals surface area contributed by atoms with E-state index in [1.165, 1.54) is 94.9 Å². The van der Waals surface area contributed by atoms with E-state index < -0.39 is 56.1 Å². The van der Waals surface area contributed by atoms with Gasteiger partial charge in [-0.25, -0.2) is 18.5 Å². The van der Waals surface area contributed by atoms with Gasteiger partial charge in [0.05, 0.1) is 48.8 Å².